The molecule has 5 nitrogen and oxygen atoms in total. The minimum atomic E-state index is -0.299. The van der Waals surface area contributed by atoms with Crippen molar-refractivity contribution in [3.63, 3.8) is 0 Å². The van der Waals surface area contributed by atoms with E-state index in [9.17, 15) is 4.79 Å². The highest BCUT2D eigenvalue weighted by Crippen LogP contribution is 2.25. The highest BCUT2D eigenvalue weighted by atomic mass is 16.6. The van der Waals surface area contributed by atoms with E-state index in [4.69, 9.17) is 15.4 Å². The van der Waals surface area contributed by atoms with Gasteiger partial charge in [-0.05, 0) is 48.2 Å². The van der Waals surface area contributed by atoms with Crippen molar-refractivity contribution in [2.24, 2.45) is 5.90 Å². The fraction of sp³-hybridized carbons (Fsp3) is 0.389. The van der Waals surface area contributed by atoms with Crippen LogP contribution in [0.4, 0.5) is 0 Å². The van der Waals surface area contributed by atoms with E-state index in [2.05, 4.69) is 4.84 Å². The molecule has 0 fully saturated rings. The van der Waals surface area contributed by atoms with Crippen molar-refractivity contribution in [2.75, 3.05) is 20.3 Å². The zero-order chi connectivity index (χ0) is 16.7. The van der Waals surface area contributed by atoms with Gasteiger partial charge in [-0.15, -0.1) is 0 Å². The standard InChI is InChI=1S/C18H23NO4/c1-13(18(20)22-9-3-4-10-23-19)14-5-6-16-12-17(21-2)8-7-15(16)11-14/h5-8,11-13H,3-4,9-10,19H2,1-2H3/t13-/m0/s1. The molecule has 0 heterocycles. The van der Waals surface area contributed by atoms with Gasteiger partial charge in [-0.25, -0.2) is 5.90 Å². The molecule has 0 radical (unpaired) electrons. The van der Waals surface area contributed by atoms with Crippen LogP contribution in [-0.4, -0.2) is 26.3 Å². The first-order chi connectivity index (χ1) is 11.2. The van der Waals surface area contributed by atoms with Gasteiger partial charge in [-0.2, -0.15) is 0 Å². The SMILES string of the molecule is COc1ccc2cc([C@H](C)C(=O)OCCCCON)ccc2c1. The monoisotopic (exact) mass is 317 g/mol. The van der Waals surface area contributed by atoms with Crippen molar-refractivity contribution >= 4 is 16.7 Å². The van der Waals surface area contributed by atoms with Gasteiger partial charge in [0.15, 0.2) is 0 Å². The van der Waals surface area contributed by atoms with Crippen LogP contribution in [0.3, 0.4) is 0 Å². The Morgan fingerprint density at radius 2 is 1.78 bits per heavy atom. The van der Waals surface area contributed by atoms with E-state index in [0.717, 1.165) is 34.9 Å². The van der Waals surface area contributed by atoms with E-state index in [-0.39, 0.29) is 11.9 Å². The number of fused-ring (bicyclic) bond motifs is 1. The molecule has 2 rings (SSSR count). The van der Waals surface area contributed by atoms with E-state index < -0.39 is 0 Å². The second-order valence-corrected chi connectivity index (χ2v) is 5.44. The summed E-state index contributed by atoms with van der Waals surface area (Å²) in [5, 5.41) is 2.15. The molecule has 23 heavy (non-hydrogen) atoms. The van der Waals surface area contributed by atoms with Crippen molar-refractivity contribution in [3.8, 4) is 5.75 Å². The minimum Gasteiger partial charge on any atom is -0.497 e. The van der Waals surface area contributed by atoms with Crippen molar-refractivity contribution in [1.82, 2.24) is 0 Å². The predicted octanol–water partition coefficient (Wildman–Crippen LogP) is 3.17. The molecule has 124 valence electrons. The van der Waals surface area contributed by atoms with Crippen molar-refractivity contribution in [3.05, 3.63) is 42.0 Å². The number of rotatable bonds is 8. The number of hydrogen-bond donors (Lipinski definition) is 1. The van der Waals surface area contributed by atoms with Crippen molar-refractivity contribution in [2.45, 2.75) is 25.7 Å². The van der Waals surface area contributed by atoms with Crippen LogP contribution in [0.5, 0.6) is 5.75 Å². The number of carbonyl (C=O) groups is 1. The number of ether oxygens (including phenoxy) is 2. The third-order valence-corrected chi connectivity index (χ3v) is 3.83. The molecule has 0 spiro atoms. The number of nitrogens with two attached hydrogens (primary N) is 1. The van der Waals surface area contributed by atoms with Crippen molar-refractivity contribution < 1.29 is 19.1 Å². The van der Waals surface area contributed by atoms with Gasteiger partial charge in [0, 0.05) is 0 Å². The van der Waals surface area contributed by atoms with Crippen molar-refractivity contribution in [1.29, 1.82) is 0 Å². The number of carbonyl (C=O) groups excluding carboxylic acids is 1. The Balaban J connectivity index is 1.99. The number of hydrogen-bond acceptors (Lipinski definition) is 5. The average Bonchev–Trinajstić information content (AvgIpc) is 2.59. The third kappa shape index (κ3) is 4.68. The van der Waals surface area contributed by atoms with Crippen LogP contribution in [-0.2, 0) is 14.4 Å². The van der Waals surface area contributed by atoms with Gasteiger partial charge in [0.1, 0.15) is 5.75 Å². The summed E-state index contributed by atoms with van der Waals surface area (Å²) >= 11 is 0. The Morgan fingerprint density at radius 1 is 1.09 bits per heavy atom. The maximum atomic E-state index is 12.1. The fourth-order valence-electron chi connectivity index (χ4n) is 2.36. The summed E-state index contributed by atoms with van der Waals surface area (Å²) < 4.78 is 10.5. The molecule has 0 aliphatic heterocycles. The van der Waals surface area contributed by atoms with Crippen LogP contribution in [0.2, 0.25) is 0 Å². The molecule has 0 saturated heterocycles. The van der Waals surface area contributed by atoms with Crippen LogP contribution < -0.4 is 10.6 Å². The largest absolute Gasteiger partial charge is 0.497 e. The van der Waals surface area contributed by atoms with Gasteiger partial charge in [0.2, 0.25) is 0 Å². The molecule has 5 heteroatoms. The summed E-state index contributed by atoms with van der Waals surface area (Å²) in [7, 11) is 1.65. The molecule has 0 bridgehead atoms. The number of methoxy groups -OCH3 is 1. The summed E-state index contributed by atoms with van der Waals surface area (Å²) in [6, 6.07) is 11.8. The molecule has 2 N–H and O–H groups in total. The number of unbranched alkanes of at least 4 members (excludes halogenated alkanes) is 1. The van der Waals surface area contributed by atoms with Gasteiger partial charge in [-0.1, -0.05) is 24.3 Å². The molecule has 0 aliphatic carbocycles. The molecule has 1 atom stereocenters. The second-order valence-electron chi connectivity index (χ2n) is 5.44. The summed E-state index contributed by atoms with van der Waals surface area (Å²) in [6.07, 6.45) is 1.52. The first-order valence-corrected chi connectivity index (χ1v) is 7.71. The molecule has 0 amide bonds. The van der Waals surface area contributed by atoms with Gasteiger partial charge in [0.25, 0.3) is 0 Å². The lowest BCUT2D eigenvalue weighted by atomic mass is 9.98. The molecule has 2 aromatic rings. The molecule has 0 saturated carbocycles. The first-order valence-electron chi connectivity index (χ1n) is 7.71. The Kier molecular flexibility index (Phi) is 6.38. The highest BCUT2D eigenvalue weighted by Gasteiger charge is 2.17. The topological polar surface area (TPSA) is 70.8 Å². The van der Waals surface area contributed by atoms with Crippen LogP contribution >= 0.6 is 0 Å². The molecule has 0 unspecified atom stereocenters. The summed E-state index contributed by atoms with van der Waals surface area (Å²) in [4.78, 5) is 16.6. The van der Waals surface area contributed by atoms with Crippen LogP contribution in [0.1, 0.15) is 31.2 Å². The molecule has 2 aromatic carbocycles. The minimum absolute atomic E-state index is 0.216. The zero-order valence-corrected chi connectivity index (χ0v) is 13.6. The predicted molar refractivity (Wildman–Crippen MR) is 89.2 cm³/mol. The van der Waals surface area contributed by atoms with E-state index in [0.29, 0.717) is 13.2 Å². The third-order valence-electron chi connectivity index (χ3n) is 3.83. The molecular weight excluding hydrogens is 294 g/mol. The van der Waals surface area contributed by atoms with Gasteiger partial charge in [0.05, 0.1) is 26.2 Å². The van der Waals surface area contributed by atoms with E-state index >= 15 is 0 Å². The Labute approximate surface area is 136 Å². The average molecular weight is 317 g/mol. The van der Waals surface area contributed by atoms with E-state index in [1.165, 1.54) is 0 Å². The zero-order valence-electron chi connectivity index (χ0n) is 13.6. The van der Waals surface area contributed by atoms with Gasteiger partial charge < -0.3 is 14.3 Å². The molecule has 0 aliphatic rings. The number of esters is 1. The Hall–Kier alpha value is -2.11. The van der Waals surface area contributed by atoms with Gasteiger partial charge in [-0.3, -0.25) is 4.79 Å². The lowest BCUT2D eigenvalue weighted by Gasteiger charge is -2.13. The normalized spacial score (nSPS) is 12.1. The number of benzene rings is 2. The maximum Gasteiger partial charge on any atom is 0.313 e. The quantitative estimate of drug-likeness (QED) is 0.460. The second kappa shape index (κ2) is 8.50. The van der Waals surface area contributed by atoms with Gasteiger partial charge >= 0.3 is 5.97 Å². The first kappa shape index (κ1) is 17.2. The van der Waals surface area contributed by atoms with E-state index in [1.54, 1.807) is 7.11 Å². The summed E-state index contributed by atoms with van der Waals surface area (Å²) in [5.74, 6) is 5.25. The molecular formula is C18H23NO4. The van der Waals surface area contributed by atoms with Crippen LogP contribution in [0.25, 0.3) is 10.8 Å². The lowest BCUT2D eigenvalue weighted by Crippen LogP contribution is -2.14. The maximum absolute atomic E-state index is 12.1. The Bertz CT molecular complexity index is 657. The highest BCUT2D eigenvalue weighted by molar-refractivity contribution is 5.86. The fourth-order valence-corrected chi connectivity index (χ4v) is 2.36. The Morgan fingerprint density at radius 3 is 2.52 bits per heavy atom. The smallest absolute Gasteiger partial charge is 0.313 e. The summed E-state index contributed by atoms with van der Waals surface area (Å²) in [5.41, 5.74) is 0.943. The summed E-state index contributed by atoms with van der Waals surface area (Å²) in [6.45, 7) is 2.72. The molecule has 0 aromatic heterocycles. The van der Waals surface area contributed by atoms with Crippen LogP contribution in [0.15, 0.2) is 36.4 Å². The lowest BCUT2D eigenvalue weighted by molar-refractivity contribution is -0.145. The van der Waals surface area contributed by atoms with Crippen LogP contribution in [0, 0.1) is 0 Å². The van der Waals surface area contributed by atoms with E-state index in [1.807, 2.05) is 43.3 Å².